The summed E-state index contributed by atoms with van der Waals surface area (Å²) in [5.41, 5.74) is 2.27. The van der Waals surface area contributed by atoms with Gasteiger partial charge < -0.3 is 15.5 Å². The first-order chi connectivity index (χ1) is 10.2. The highest BCUT2D eigenvalue weighted by molar-refractivity contribution is 5.30. The summed E-state index contributed by atoms with van der Waals surface area (Å²) in [7, 11) is 0. The van der Waals surface area contributed by atoms with Crippen LogP contribution in [0.4, 0.5) is 0 Å². The summed E-state index contributed by atoms with van der Waals surface area (Å²) in [6, 6.07) is 0. The Morgan fingerprint density at radius 2 is 1.90 bits per heavy atom. The minimum absolute atomic E-state index is 0.127. The summed E-state index contributed by atoms with van der Waals surface area (Å²) in [6.45, 7) is 1.81. The lowest BCUT2D eigenvalue weighted by Crippen LogP contribution is -2.52. The highest BCUT2D eigenvalue weighted by Crippen LogP contribution is 2.62. The molecule has 0 aromatic heterocycles. The van der Waals surface area contributed by atoms with E-state index in [1.54, 1.807) is 5.57 Å². The highest BCUT2D eigenvalue weighted by atomic mass is 16.3. The molecule has 0 aromatic carbocycles. The topological polar surface area (TPSA) is 52.5 Å². The Labute approximate surface area is 127 Å². The van der Waals surface area contributed by atoms with Crippen molar-refractivity contribution in [2.75, 3.05) is 13.1 Å². The fourth-order valence-electron chi connectivity index (χ4n) is 5.51. The van der Waals surface area contributed by atoms with Crippen LogP contribution in [-0.4, -0.2) is 35.5 Å². The van der Waals surface area contributed by atoms with Crippen molar-refractivity contribution in [1.29, 1.82) is 0 Å². The van der Waals surface area contributed by atoms with Crippen molar-refractivity contribution in [3.63, 3.8) is 0 Å². The molecule has 118 valence electrons. The molecule has 3 N–H and O–H groups in total. The number of hydrogen-bond donors (Lipinski definition) is 3. The summed E-state index contributed by atoms with van der Waals surface area (Å²) in [5, 5.41) is 23.5. The Morgan fingerprint density at radius 3 is 2.57 bits per heavy atom. The first-order valence-corrected chi connectivity index (χ1v) is 8.92. The van der Waals surface area contributed by atoms with Crippen LogP contribution in [-0.2, 0) is 0 Å². The normalized spacial score (nSPS) is 45.9. The lowest BCUT2D eigenvalue weighted by atomic mass is 9.48. The second-order valence-corrected chi connectivity index (χ2v) is 8.21. The van der Waals surface area contributed by atoms with Gasteiger partial charge in [-0.15, -0.1) is 0 Å². The summed E-state index contributed by atoms with van der Waals surface area (Å²) in [4.78, 5) is 0. The average molecular weight is 291 g/mol. The van der Waals surface area contributed by atoms with Gasteiger partial charge in [-0.3, -0.25) is 0 Å². The van der Waals surface area contributed by atoms with Crippen molar-refractivity contribution < 1.29 is 10.2 Å². The van der Waals surface area contributed by atoms with Gasteiger partial charge in [-0.25, -0.2) is 0 Å². The van der Waals surface area contributed by atoms with Gasteiger partial charge in [0.2, 0.25) is 0 Å². The predicted octanol–water partition coefficient (Wildman–Crippen LogP) is 2.23. The van der Waals surface area contributed by atoms with Gasteiger partial charge in [0.05, 0.1) is 12.2 Å². The quantitative estimate of drug-likeness (QED) is 0.681. The van der Waals surface area contributed by atoms with Crippen LogP contribution in [0.1, 0.15) is 51.4 Å². The Hall–Kier alpha value is -0.380. The minimum atomic E-state index is -0.235. The van der Waals surface area contributed by atoms with Crippen molar-refractivity contribution in [2.45, 2.75) is 63.6 Å². The third kappa shape index (κ3) is 2.58. The van der Waals surface area contributed by atoms with Crippen molar-refractivity contribution in [3.05, 3.63) is 11.6 Å². The molecule has 0 amide bonds. The molecule has 0 aliphatic heterocycles. The van der Waals surface area contributed by atoms with Gasteiger partial charge in [0, 0.05) is 13.1 Å². The van der Waals surface area contributed by atoms with Crippen molar-refractivity contribution in [1.82, 2.24) is 5.32 Å². The van der Waals surface area contributed by atoms with Crippen molar-refractivity contribution in [2.24, 2.45) is 23.2 Å². The van der Waals surface area contributed by atoms with E-state index in [1.807, 2.05) is 0 Å². The molecule has 6 aliphatic rings. The second kappa shape index (κ2) is 5.36. The number of fused-ring (bicyclic) bond motifs is 1. The first kappa shape index (κ1) is 14.2. The van der Waals surface area contributed by atoms with E-state index in [2.05, 4.69) is 11.4 Å². The van der Waals surface area contributed by atoms with E-state index in [9.17, 15) is 10.2 Å². The Balaban J connectivity index is 1.24. The van der Waals surface area contributed by atoms with E-state index in [0.717, 1.165) is 50.6 Å². The summed E-state index contributed by atoms with van der Waals surface area (Å²) >= 11 is 0. The van der Waals surface area contributed by atoms with Gasteiger partial charge in [-0.05, 0) is 74.5 Å². The average Bonchev–Trinajstić information content (AvgIpc) is 2.48. The van der Waals surface area contributed by atoms with E-state index >= 15 is 0 Å². The minimum Gasteiger partial charge on any atom is -0.393 e. The van der Waals surface area contributed by atoms with Crippen LogP contribution in [0, 0.1) is 23.2 Å². The van der Waals surface area contributed by atoms with Gasteiger partial charge in [-0.1, -0.05) is 11.6 Å². The van der Waals surface area contributed by atoms with Crippen LogP contribution in [0.25, 0.3) is 0 Å². The largest absolute Gasteiger partial charge is 0.393 e. The Kier molecular flexibility index (Phi) is 3.63. The van der Waals surface area contributed by atoms with Crippen LogP contribution >= 0.6 is 0 Å². The molecule has 3 unspecified atom stereocenters. The maximum Gasteiger partial charge on any atom is 0.0692 e. The smallest absolute Gasteiger partial charge is 0.0692 e. The van der Waals surface area contributed by atoms with Crippen LogP contribution in [0.15, 0.2) is 11.6 Å². The lowest BCUT2D eigenvalue weighted by molar-refractivity contribution is 0.0235. The lowest BCUT2D eigenvalue weighted by Gasteiger charge is -2.58. The third-order valence-corrected chi connectivity index (χ3v) is 6.78. The van der Waals surface area contributed by atoms with Crippen molar-refractivity contribution in [3.8, 4) is 0 Å². The highest BCUT2D eigenvalue weighted by Gasteiger charge is 2.52. The molecule has 6 aliphatic carbocycles. The van der Waals surface area contributed by atoms with E-state index in [4.69, 9.17) is 0 Å². The molecule has 0 aromatic rings. The van der Waals surface area contributed by atoms with Crippen LogP contribution < -0.4 is 5.32 Å². The molecule has 3 atom stereocenters. The second-order valence-electron chi connectivity index (χ2n) is 8.21. The molecule has 0 spiro atoms. The van der Waals surface area contributed by atoms with E-state index in [0.29, 0.717) is 11.3 Å². The standard InChI is InChI=1S/C18H29NO2/c20-15-3-1-12(2-4-15)17(21)10-19-11-18-6-5-16-13(8-18)7-14(16)9-18/h5,12-15,17,19-21H,1-4,6-11H2. The molecule has 6 rings (SSSR count). The molecule has 4 saturated carbocycles. The predicted molar refractivity (Wildman–Crippen MR) is 82.8 cm³/mol. The Bertz CT molecular complexity index is 411. The summed E-state index contributed by atoms with van der Waals surface area (Å²) in [6.07, 6.45) is 11.3. The maximum atomic E-state index is 10.4. The monoisotopic (exact) mass is 291 g/mol. The van der Waals surface area contributed by atoms with Crippen LogP contribution in [0.3, 0.4) is 0 Å². The molecular weight excluding hydrogens is 262 g/mol. The molecule has 21 heavy (non-hydrogen) atoms. The maximum absolute atomic E-state index is 10.4. The molecule has 0 heterocycles. The molecular formula is C18H29NO2. The van der Waals surface area contributed by atoms with Gasteiger partial charge in [0.25, 0.3) is 0 Å². The third-order valence-electron chi connectivity index (χ3n) is 6.78. The van der Waals surface area contributed by atoms with Gasteiger partial charge in [0.15, 0.2) is 0 Å². The van der Waals surface area contributed by atoms with E-state index in [-0.39, 0.29) is 12.2 Å². The number of hydrogen-bond acceptors (Lipinski definition) is 3. The van der Waals surface area contributed by atoms with Gasteiger partial charge in [-0.2, -0.15) is 0 Å². The SMILES string of the molecule is OC1CCC(C(O)CNCC23CC=C4C(CC4C2)C3)CC1. The summed E-state index contributed by atoms with van der Waals surface area (Å²) < 4.78 is 0. The fourth-order valence-corrected chi connectivity index (χ4v) is 5.51. The molecule has 4 bridgehead atoms. The van der Waals surface area contributed by atoms with E-state index in [1.165, 1.54) is 25.7 Å². The number of aliphatic hydroxyl groups excluding tert-OH is 2. The summed E-state index contributed by atoms with van der Waals surface area (Å²) in [5.74, 6) is 2.20. The van der Waals surface area contributed by atoms with Crippen LogP contribution in [0.5, 0.6) is 0 Å². The van der Waals surface area contributed by atoms with Crippen molar-refractivity contribution >= 4 is 0 Å². The molecule has 4 fully saturated rings. The molecule has 3 heteroatoms. The first-order valence-electron chi connectivity index (χ1n) is 8.92. The molecule has 0 saturated heterocycles. The van der Waals surface area contributed by atoms with Crippen LogP contribution in [0.2, 0.25) is 0 Å². The van der Waals surface area contributed by atoms with E-state index < -0.39 is 0 Å². The molecule has 0 radical (unpaired) electrons. The Morgan fingerprint density at radius 1 is 1.19 bits per heavy atom. The zero-order valence-corrected chi connectivity index (χ0v) is 12.9. The fraction of sp³-hybridized carbons (Fsp3) is 0.889. The zero-order chi connectivity index (χ0) is 14.4. The van der Waals surface area contributed by atoms with Gasteiger partial charge in [0.1, 0.15) is 0 Å². The zero-order valence-electron chi connectivity index (χ0n) is 12.9. The number of allylic oxidation sites excluding steroid dienone is 2. The number of rotatable bonds is 5. The number of aliphatic hydroxyl groups is 2. The number of nitrogens with one attached hydrogen (secondary N) is 1. The molecule has 3 nitrogen and oxygen atoms in total. The van der Waals surface area contributed by atoms with Gasteiger partial charge >= 0.3 is 0 Å².